The van der Waals surface area contributed by atoms with Crippen LogP contribution in [0.5, 0.6) is 5.75 Å². The summed E-state index contributed by atoms with van der Waals surface area (Å²) >= 11 is 1.41. The molecule has 3 rings (SSSR count). The number of carbonyl (C=O) groups is 1. The van der Waals surface area contributed by atoms with Gasteiger partial charge < -0.3 is 15.0 Å². The Labute approximate surface area is 143 Å². The number of hydrogen-bond acceptors (Lipinski definition) is 4. The number of nitrogens with zero attached hydrogens (tertiary/aromatic N) is 1. The maximum atomic E-state index is 12.6. The summed E-state index contributed by atoms with van der Waals surface area (Å²) in [5.41, 5.74) is 0.870. The molecule has 0 bridgehead atoms. The SMILES string of the molecule is CC1CN(C(=O)c2ccc(-c3ccc(OC(F)F)cc3)s2)CCN1. The Morgan fingerprint density at radius 1 is 1.29 bits per heavy atom. The van der Waals surface area contributed by atoms with Crippen molar-refractivity contribution in [2.75, 3.05) is 19.6 Å². The Balaban J connectivity index is 1.71. The van der Waals surface area contributed by atoms with Gasteiger partial charge in [0.2, 0.25) is 0 Å². The Bertz CT molecular complexity index is 703. The predicted molar refractivity (Wildman–Crippen MR) is 89.8 cm³/mol. The zero-order chi connectivity index (χ0) is 17.1. The zero-order valence-electron chi connectivity index (χ0n) is 13.2. The minimum Gasteiger partial charge on any atom is -0.435 e. The molecule has 1 aliphatic rings. The van der Waals surface area contributed by atoms with Crippen molar-refractivity contribution in [1.29, 1.82) is 0 Å². The van der Waals surface area contributed by atoms with Crippen LogP contribution in [0.15, 0.2) is 36.4 Å². The topological polar surface area (TPSA) is 41.6 Å². The van der Waals surface area contributed by atoms with Crippen LogP contribution in [0.3, 0.4) is 0 Å². The molecule has 1 unspecified atom stereocenters. The van der Waals surface area contributed by atoms with E-state index in [1.165, 1.54) is 23.5 Å². The van der Waals surface area contributed by atoms with Gasteiger partial charge in [0.05, 0.1) is 4.88 Å². The van der Waals surface area contributed by atoms with Crippen LogP contribution in [0.4, 0.5) is 8.78 Å². The highest BCUT2D eigenvalue weighted by molar-refractivity contribution is 7.17. The average molecular weight is 352 g/mol. The van der Waals surface area contributed by atoms with E-state index in [0.717, 1.165) is 17.0 Å². The van der Waals surface area contributed by atoms with E-state index in [4.69, 9.17) is 0 Å². The molecular formula is C17H18F2N2O2S. The first-order chi connectivity index (χ1) is 11.5. The first kappa shape index (κ1) is 16.9. The van der Waals surface area contributed by atoms with Crippen LogP contribution in [-0.4, -0.2) is 43.1 Å². The summed E-state index contributed by atoms with van der Waals surface area (Å²) < 4.78 is 28.7. The number of benzene rings is 1. The number of rotatable bonds is 4. The molecule has 1 atom stereocenters. The van der Waals surface area contributed by atoms with Crippen LogP contribution in [-0.2, 0) is 0 Å². The number of thiophene rings is 1. The van der Waals surface area contributed by atoms with Gasteiger partial charge >= 0.3 is 6.61 Å². The molecule has 0 saturated carbocycles. The van der Waals surface area contributed by atoms with Crippen molar-refractivity contribution in [1.82, 2.24) is 10.2 Å². The van der Waals surface area contributed by atoms with E-state index in [9.17, 15) is 13.6 Å². The fourth-order valence-corrected chi connectivity index (χ4v) is 3.66. The second kappa shape index (κ2) is 7.27. The quantitative estimate of drug-likeness (QED) is 0.916. The van der Waals surface area contributed by atoms with Crippen LogP contribution in [0.2, 0.25) is 0 Å². The predicted octanol–water partition coefficient (Wildman–Crippen LogP) is 3.45. The van der Waals surface area contributed by atoms with Gasteiger partial charge in [0.25, 0.3) is 5.91 Å². The third-order valence-corrected chi connectivity index (χ3v) is 4.96. The molecule has 1 aromatic heterocycles. The Morgan fingerprint density at radius 2 is 2.04 bits per heavy atom. The van der Waals surface area contributed by atoms with Crippen molar-refractivity contribution in [3.63, 3.8) is 0 Å². The number of carbonyl (C=O) groups excluding carboxylic acids is 1. The largest absolute Gasteiger partial charge is 0.435 e. The summed E-state index contributed by atoms with van der Waals surface area (Å²) in [6.07, 6.45) is 0. The molecule has 0 aliphatic carbocycles. The summed E-state index contributed by atoms with van der Waals surface area (Å²) in [6, 6.07) is 10.4. The summed E-state index contributed by atoms with van der Waals surface area (Å²) in [5.74, 6) is 0.161. The zero-order valence-corrected chi connectivity index (χ0v) is 14.0. The second-order valence-corrected chi connectivity index (χ2v) is 6.76. The maximum absolute atomic E-state index is 12.6. The van der Waals surface area contributed by atoms with Gasteiger partial charge in [-0.1, -0.05) is 0 Å². The van der Waals surface area contributed by atoms with Crippen LogP contribution in [0, 0.1) is 0 Å². The van der Waals surface area contributed by atoms with Gasteiger partial charge in [-0.3, -0.25) is 4.79 Å². The number of halogens is 2. The normalized spacial score (nSPS) is 18.0. The van der Waals surface area contributed by atoms with E-state index in [-0.39, 0.29) is 11.7 Å². The molecule has 1 amide bonds. The number of alkyl halides is 2. The monoisotopic (exact) mass is 352 g/mol. The van der Waals surface area contributed by atoms with E-state index >= 15 is 0 Å². The molecule has 2 aromatic rings. The van der Waals surface area contributed by atoms with Crippen molar-refractivity contribution >= 4 is 17.2 Å². The fourth-order valence-electron chi connectivity index (χ4n) is 2.68. The summed E-state index contributed by atoms with van der Waals surface area (Å²) in [6.45, 7) is 1.43. The third-order valence-electron chi connectivity index (χ3n) is 3.84. The van der Waals surface area contributed by atoms with Gasteiger partial charge in [-0.15, -0.1) is 11.3 Å². The highest BCUT2D eigenvalue weighted by atomic mass is 32.1. The molecule has 24 heavy (non-hydrogen) atoms. The van der Waals surface area contributed by atoms with E-state index in [0.29, 0.717) is 24.0 Å². The third kappa shape index (κ3) is 3.91. The van der Waals surface area contributed by atoms with Crippen molar-refractivity contribution in [3.05, 3.63) is 41.3 Å². The maximum Gasteiger partial charge on any atom is 0.387 e. The van der Waals surface area contributed by atoms with Gasteiger partial charge in [-0.25, -0.2) is 0 Å². The molecule has 1 fully saturated rings. The number of ether oxygens (including phenoxy) is 1. The van der Waals surface area contributed by atoms with Crippen LogP contribution >= 0.6 is 11.3 Å². The summed E-state index contributed by atoms with van der Waals surface area (Å²) in [5, 5.41) is 3.31. The van der Waals surface area contributed by atoms with Gasteiger partial charge in [0.15, 0.2) is 0 Å². The molecule has 7 heteroatoms. The number of nitrogens with one attached hydrogen (secondary N) is 1. The Kier molecular flexibility index (Phi) is 5.11. The molecule has 0 spiro atoms. The van der Waals surface area contributed by atoms with Crippen molar-refractivity contribution in [2.24, 2.45) is 0 Å². The lowest BCUT2D eigenvalue weighted by Gasteiger charge is -2.31. The van der Waals surface area contributed by atoms with Crippen molar-refractivity contribution in [3.8, 4) is 16.2 Å². The highest BCUT2D eigenvalue weighted by Gasteiger charge is 2.22. The molecular weight excluding hydrogens is 334 g/mol. The lowest BCUT2D eigenvalue weighted by molar-refractivity contribution is -0.0498. The van der Waals surface area contributed by atoms with E-state index in [1.54, 1.807) is 12.1 Å². The number of hydrogen-bond donors (Lipinski definition) is 1. The summed E-state index contributed by atoms with van der Waals surface area (Å²) in [4.78, 5) is 16.0. The van der Waals surface area contributed by atoms with Crippen LogP contribution in [0.25, 0.3) is 10.4 Å². The van der Waals surface area contributed by atoms with E-state index in [1.807, 2.05) is 17.0 Å². The standard InChI is InChI=1S/C17H18F2N2O2S/c1-11-10-21(9-8-20-11)16(22)15-7-6-14(24-15)12-2-4-13(5-3-12)23-17(18)19/h2-7,11,17,20H,8-10H2,1H3. The van der Waals surface area contributed by atoms with Gasteiger partial charge in [-0.2, -0.15) is 8.78 Å². The Morgan fingerprint density at radius 3 is 2.71 bits per heavy atom. The van der Waals surface area contributed by atoms with E-state index in [2.05, 4.69) is 17.0 Å². The molecule has 128 valence electrons. The fraction of sp³-hybridized carbons (Fsp3) is 0.353. The first-order valence-corrected chi connectivity index (χ1v) is 8.52. The average Bonchev–Trinajstić information content (AvgIpc) is 3.04. The molecule has 1 N–H and O–H groups in total. The second-order valence-electron chi connectivity index (χ2n) is 5.67. The smallest absolute Gasteiger partial charge is 0.387 e. The molecule has 2 heterocycles. The first-order valence-electron chi connectivity index (χ1n) is 7.70. The molecule has 1 aliphatic heterocycles. The van der Waals surface area contributed by atoms with Crippen molar-refractivity contribution < 1.29 is 18.3 Å². The minimum absolute atomic E-state index is 0.0391. The molecule has 1 aromatic carbocycles. The number of amides is 1. The molecule has 4 nitrogen and oxygen atoms in total. The molecule has 0 radical (unpaired) electrons. The Hall–Kier alpha value is -1.99. The van der Waals surface area contributed by atoms with E-state index < -0.39 is 6.61 Å². The van der Waals surface area contributed by atoms with Gasteiger partial charge in [-0.05, 0) is 48.9 Å². The lowest BCUT2D eigenvalue weighted by atomic mass is 10.2. The van der Waals surface area contributed by atoms with Gasteiger partial charge in [0.1, 0.15) is 5.75 Å². The lowest BCUT2D eigenvalue weighted by Crippen LogP contribution is -2.51. The van der Waals surface area contributed by atoms with Gasteiger partial charge in [0, 0.05) is 30.6 Å². The molecule has 1 saturated heterocycles. The number of piperazine rings is 1. The highest BCUT2D eigenvalue weighted by Crippen LogP contribution is 2.30. The van der Waals surface area contributed by atoms with Crippen LogP contribution < -0.4 is 10.1 Å². The van der Waals surface area contributed by atoms with Crippen LogP contribution in [0.1, 0.15) is 16.6 Å². The summed E-state index contributed by atoms with van der Waals surface area (Å²) in [7, 11) is 0. The van der Waals surface area contributed by atoms with Crippen molar-refractivity contribution in [2.45, 2.75) is 19.6 Å². The minimum atomic E-state index is -2.83.